The average Bonchev–Trinajstić information content (AvgIpc) is 1.54. The minimum atomic E-state index is -2.37. The summed E-state index contributed by atoms with van der Waals surface area (Å²) in [6.07, 6.45) is 0.951. The van der Waals surface area contributed by atoms with Crippen molar-refractivity contribution in [3.05, 3.63) is 119 Å². The Balaban J connectivity index is 0.646. The third-order valence-corrected chi connectivity index (χ3v) is 21.1. The first-order valence-corrected chi connectivity index (χ1v) is 35.7. The van der Waals surface area contributed by atoms with Crippen molar-refractivity contribution >= 4 is 64.4 Å². The lowest BCUT2D eigenvalue weighted by atomic mass is 9.44. The van der Waals surface area contributed by atoms with E-state index in [1.54, 1.807) is 49.9 Å². The first-order chi connectivity index (χ1) is 48.4. The molecule has 4 aliphatic carbocycles. The van der Waals surface area contributed by atoms with Crippen LogP contribution in [0.2, 0.25) is 0 Å². The van der Waals surface area contributed by atoms with E-state index < -0.39 is 106 Å². The van der Waals surface area contributed by atoms with Gasteiger partial charge in [-0.1, -0.05) is 94.8 Å². The molecule has 1 saturated heterocycles. The zero-order valence-corrected chi connectivity index (χ0v) is 58.7. The van der Waals surface area contributed by atoms with Gasteiger partial charge in [-0.25, -0.2) is 13.6 Å². The van der Waals surface area contributed by atoms with Crippen LogP contribution in [0.15, 0.2) is 96.6 Å². The summed E-state index contributed by atoms with van der Waals surface area (Å²) < 4.78 is 75.1. The van der Waals surface area contributed by atoms with Gasteiger partial charge in [0.1, 0.15) is 12.8 Å². The first-order valence-electron chi connectivity index (χ1n) is 35.7. The molecule has 12 atom stereocenters. The van der Waals surface area contributed by atoms with Gasteiger partial charge in [-0.05, 0) is 128 Å². The molecule has 0 radical (unpaired) electrons. The van der Waals surface area contributed by atoms with Gasteiger partial charge in [-0.3, -0.25) is 38.4 Å². The molecule has 9 rings (SSSR count). The minimum Gasteiger partial charge on any atom is -0.461 e. The number of esters is 1. The summed E-state index contributed by atoms with van der Waals surface area (Å²) in [6.45, 7) is 11.5. The fourth-order valence-electron chi connectivity index (χ4n) is 15.9. The van der Waals surface area contributed by atoms with Gasteiger partial charge in [-0.2, -0.15) is 0 Å². The van der Waals surface area contributed by atoms with Gasteiger partial charge < -0.3 is 70.2 Å². The van der Waals surface area contributed by atoms with E-state index in [1.807, 2.05) is 37.3 Å². The summed E-state index contributed by atoms with van der Waals surface area (Å²) in [5.74, 6) is -6.15. The van der Waals surface area contributed by atoms with Gasteiger partial charge in [-0.15, -0.1) is 0 Å². The number of aliphatic hydroxyl groups is 1. The molecule has 0 bridgehead atoms. The van der Waals surface area contributed by atoms with Crippen LogP contribution in [0.3, 0.4) is 0 Å². The number of alkyl halides is 2. The van der Waals surface area contributed by atoms with E-state index in [4.69, 9.17) is 38.9 Å². The van der Waals surface area contributed by atoms with Crippen LogP contribution in [0.25, 0.3) is 0 Å². The van der Waals surface area contributed by atoms with E-state index in [9.17, 15) is 48.3 Å². The van der Waals surface area contributed by atoms with Crippen molar-refractivity contribution in [3.63, 3.8) is 0 Å². The number of hydrogen-bond donors (Lipinski definition) is 6. The highest BCUT2D eigenvalue weighted by Gasteiger charge is 2.80. The fraction of sp³-hybridized carbons (Fsp3) is 0.592. The molecule has 0 spiro atoms. The normalized spacial score (nSPS) is 26.0. The number of fused-ring (bicyclic) bond motifs is 9. The fourth-order valence-corrected chi connectivity index (χ4v) is 15.9. The lowest BCUT2D eigenvalue weighted by molar-refractivity contribution is -0.234. The van der Waals surface area contributed by atoms with Gasteiger partial charge in [0.05, 0.1) is 84.1 Å². The smallest absolute Gasteiger partial charge is 0.312 e. The molecule has 0 aromatic heterocycles. The van der Waals surface area contributed by atoms with E-state index in [0.717, 1.165) is 35.7 Å². The zero-order valence-electron chi connectivity index (χ0n) is 58.7. The summed E-state index contributed by atoms with van der Waals surface area (Å²) in [5, 5.41) is 22.9. The molecule has 3 saturated carbocycles. The number of allylic oxidation sites excluding steroid dienone is 4. The van der Waals surface area contributed by atoms with E-state index in [1.165, 1.54) is 24.6 Å². The predicted molar refractivity (Wildman–Crippen MR) is 369 cm³/mol. The number of aryl methyl sites for hydroxylation is 2. The molecule has 6 aliphatic rings. The van der Waals surface area contributed by atoms with Crippen molar-refractivity contribution in [2.45, 2.75) is 186 Å². The number of ketones is 3. The number of carbonyl (C=O) groups excluding carboxylic acids is 9. The summed E-state index contributed by atoms with van der Waals surface area (Å²) in [6, 6.07) is 20.9. The monoisotopic (exact) mass is 1410 g/mol. The number of nitrogens with one attached hydrogen (secondary N) is 4. The van der Waals surface area contributed by atoms with Gasteiger partial charge >= 0.3 is 12.0 Å². The minimum absolute atomic E-state index is 0.00631. The number of urea groups is 1. The second-order valence-electron chi connectivity index (χ2n) is 28.1. The van der Waals surface area contributed by atoms with Crippen LogP contribution in [0.4, 0.5) is 25.0 Å². The van der Waals surface area contributed by atoms with Gasteiger partial charge in [0, 0.05) is 79.2 Å². The molecule has 6 amide bonds. The van der Waals surface area contributed by atoms with Crippen LogP contribution in [0.5, 0.6) is 0 Å². The summed E-state index contributed by atoms with van der Waals surface area (Å²) in [4.78, 5) is 121. The number of anilines is 2. The van der Waals surface area contributed by atoms with Crippen LogP contribution in [0, 0.1) is 34.5 Å². The van der Waals surface area contributed by atoms with Crippen LogP contribution >= 0.6 is 0 Å². The Morgan fingerprint density at radius 3 is 2.12 bits per heavy atom. The molecule has 3 aromatic rings. The summed E-state index contributed by atoms with van der Waals surface area (Å²) in [7, 11) is 0. The second-order valence-corrected chi connectivity index (χ2v) is 28.1. The second kappa shape index (κ2) is 35.5. The van der Waals surface area contributed by atoms with Crippen molar-refractivity contribution in [1.29, 1.82) is 0 Å². The number of benzene rings is 3. The number of ether oxygens (including phenoxy) is 7. The van der Waals surface area contributed by atoms with Crippen molar-refractivity contribution in [2.75, 3.05) is 76.2 Å². The molecule has 7 N–H and O–H groups in total. The molecule has 23 nitrogen and oxygen atoms in total. The number of carbonyl (C=O) groups is 9. The van der Waals surface area contributed by atoms with E-state index >= 15 is 8.78 Å². The maximum absolute atomic E-state index is 18.0. The molecular formula is C76H100F2N6O17. The Hall–Kier alpha value is -7.65. The Labute approximate surface area is 589 Å². The van der Waals surface area contributed by atoms with Gasteiger partial charge in [0.15, 0.2) is 34.9 Å². The first kappa shape index (κ1) is 77.5. The average molecular weight is 1410 g/mol. The highest BCUT2D eigenvalue weighted by atomic mass is 19.1. The molecule has 101 heavy (non-hydrogen) atoms. The Kier molecular flexibility index (Phi) is 27.2. The third-order valence-electron chi connectivity index (χ3n) is 21.1. The maximum Gasteiger partial charge on any atom is 0.312 e. The topological polar surface area (TPSA) is 316 Å². The third kappa shape index (κ3) is 18.4. The van der Waals surface area contributed by atoms with Crippen molar-refractivity contribution in [2.24, 2.45) is 40.2 Å². The molecule has 25 heteroatoms. The number of para-hydroxylation sites is 1. The molecule has 2 aliphatic heterocycles. The number of halogens is 2. The molecule has 4 fully saturated rings. The number of hydrogen-bond acceptors (Lipinski definition) is 17. The van der Waals surface area contributed by atoms with Crippen molar-refractivity contribution < 1.29 is 90.2 Å². The number of Topliss-reactive ketones (excluding diaryl/α,β-unsaturated/α-hetero) is 2. The molecule has 3 aromatic carbocycles. The highest BCUT2D eigenvalue weighted by molar-refractivity contribution is 6.02. The van der Waals surface area contributed by atoms with Crippen LogP contribution in [-0.4, -0.2) is 166 Å². The van der Waals surface area contributed by atoms with E-state index in [0.29, 0.717) is 70.0 Å². The number of nitrogens with zero attached hydrogens (tertiary/aromatic N) is 1. The SMILES string of the molecule is CCCC1O[C@@H]2C[C@H]3[C@@H]4C[C@H](F)C5=CC(=O)C=C[C@]5(C)[C@@]4(F)[C@@H](O)C[C@]3(C)[C@]2(C(=O)CCC(=O)OCc2ccc(NC(=O)[C@H](CCCNC(N)=O)CC(=O)[C@@H](NC(=O)CCOCCOCCOCCOCCNC(=O)CCC(=O)N3Cc4ccccc4CCc4ccccc43)C(C)C)cc2)O1. The number of amides is 6. The Morgan fingerprint density at radius 2 is 1.43 bits per heavy atom. The highest BCUT2D eigenvalue weighted by Crippen LogP contribution is 2.72. The lowest BCUT2D eigenvalue weighted by Gasteiger charge is -2.63. The maximum atomic E-state index is 18.0. The summed E-state index contributed by atoms with van der Waals surface area (Å²) in [5.41, 5.74) is 3.64. The zero-order chi connectivity index (χ0) is 72.5. The quantitative estimate of drug-likeness (QED) is 0.0235. The molecule has 1 unspecified atom stereocenters. The van der Waals surface area contributed by atoms with Crippen LogP contribution in [0.1, 0.15) is 140 Å². The Bertz CT molecular complexity index is 3500. The summed E-state index contributed by atoms with van der Waals surface area (Å²) >= 11 is 0. The van der Waals surface area contributed by atoms with E-state index in [-0.39, 0.29) is 133 Å². The van der Waals surface area contributed by atoms with Crippen LogP contribution < -0.4 is 31.9 Å². The van der Waals surface area contributed by atoms with Gasteiger partial charge in [0.25, 0.3) is 0 Å². The predicted octanol–water partition coefficient (Wildman–Crippen LogP) is 8.08. The number of primary amides is 1. The number of rotatable bonds is 37. The number of nitrogens with two attached hydrogens (primary N) is 1. The van der Waals surface area contributed by atoms with E-state index in [2.05, 4.69) is 39.5 Å². The lowest BCUT2D eigenvalue weighted by Crippen LogP contribution is -2.70. The van der Waals surface area contributed by atoms with Crippen molar-refractivity contribution in [3.8, 4) is 0 Å². The van der Waals surface area contributed by atoms with Gasteiger partial charge in [0.2, 0.25) is 23.6 Å². The Morgan fingerprint density at radius 1 is 0.762 bits per heavy atom. The van der Waals surface area contributed by atoms with Crippen molar-refractivity contribution in [1.82, 2.24) is 16.0 Å². The largest absolute Gasteiger partial charge is 0.461 e. The van der Waals surface area contributed by atoms with Crippen LogP contribution in [-0.2, 0) is 97.5 Å². The number of aliphatic hydroxyl groups excluding tert-OH is 1. The molecular weight excluding hydrogens is 1310 g/mol. The molecule has 2 heterocycles. The standard InChI is InChI=1S/C76H100F2N6O17/c1-6-12-69-100-64-44-56-57-43-59(77)58-42-55(85)28-30-73(58,4)75(57,78)63(88)45-74(56,5)76(64,101-69)62(87)24-27-68(92)99-47-49-18-22-54(23-19-49)82-71(93)52(16-11-31-81-72(79)94)41-61(86)70(48(2)3)83-66(90)29-33-95-35-37-97-39-40-98-38-36-96-34-32-80-65(89)25-26-67(91)84-46-53-15-8-7-13-50(53)20-21-51-14-9-10-17-60(51)84/h7-10,13-15,17-19,22-23,28,30,42,48,52,56-57,59,63-64,69-70,88H,6,11-12,16,20-21,24-27,29,31-41,43-47H2,1-5H3,(H,80,89)(H,82,93)(H,83,90)(H3,79,81,94)/t52-,56+,57+,59+,63+,64-,69?,70+,73+,74+,75+,76-/m1/s1. The molecule has 550 valence electrons.